The predicted octanol–water partition coefficient (Wildman–Crippen LogP) is 24.7. The summed E-state index contributed by atoms with van der Waals surface area (Å²) in [5.41, 5.74) is 0. The number of carbonyl (C=O) groups excluding carboxylic acids is 2. The average molecular weight is 1160 g/mol. The second-order valence-corrected chi connectivity index (χ2v) is 26.4. The van der Waals surface area contributed by atoms with Gasteiger partial charge >= 0.3 is 5.97 Å². The Morgan fingerprint density at radius 2 is 0.561 bits per heavy atom. The minimum atomic E-state index is -0.842. The molecule has 0 aliphatic rings. The zero-order chi connectivity index (χ0) is 59.2. The third kappa shape index (κ3) is 67.7. The van der Waals surface area contributed by atoms with Crippen molar-refractivity contribution in [2.45, 2.75) is 450 Å². The second-order valence-electron chi connectivity index (χ2n) is 26.4. The van der Waals surface area contributed by atoms with Gasteiger partial charge in [-0.05, 0) is 32.1 Å². The Bertz CT molecular complexity index is 1240. The minimum Gasteiger partial charge on any atom is -0.466 e. The highest BCUT2D eigenvalue weighted by Gasteiger charge is 2.18. The summed E-state index contributed by atoms with van der Waals surface area (Å²) in [4.78, 5) is 24.6. The molecule has 6 nitrogen and oxygen atoms in total. The number of aliphatic hydroxyl groups excluding tert-OH is 2. The van der Waals surface area contributed by atoms with Crippen molar-refractivity contribution in [3.05, 3.63) is 12.2 Å². The van der Waals surface area contributed by atoms with E-state index in [9.17, 15) is 19.8 Å². The summed E-state index contributed by atoms with van der Waals surface area (Å²) in [7, 11) is 0. The number of allylic oxidation sites excluding steroid dienone is 1. The molecule has 0 aromatic rings. The van der Waals surface area contributed by atoms with E-state index in [2.05, 4.69) is 19.2 Å². The van der Waals surface area contributed by atoms with E-state index >= 15 is 0 Å². The van der Waals surface area contributed by atoms with Crippen molar-refractivity contribution in [2.75, 3.05) is 13.2 Å². The molecule has 0 rings (SSSR count). The van der Waals surface area contributed by atoms with Crippen LogP contribution in [0, 0.1) is 0 Å². The summed E-state index contributed by atoms with van der Waals surface area (Å²) in [6.45, 7) is 4.96. The number of aliphatic hydroxyl groups is 2. The Hall–Kier alpha value is -1.40. The first-order chi connectivity index (χ1) is 40.5. The molecule has 0 aliphatic heterocycles. The monoisotopic (exact) mass is 1160 g/mol. The van der Waals surface area contributed by atoms with Crippen molar-refractivity contribution < 1.29 is 24.5 Å². The molecule has 1 amide bonds. The third-order valence-electron chi connectivity index (χ3n) is 18.1. The molecule has 0 aliphatic carbocycles. The average Bonchev–Trinajstić information content (AvgIpc) is 3.48. The fourth-order valence-corrected chi connectivity index (χ4v) is 12.3. The summed E-state index contributed by atoms with van der Waals surface area (Å²) in [5.74, 6) is -0.0363. The molecule has 2 unspecified atom stereocenters. The minimum absolute atomic E-state index is 0.0237. The fraction of sp³-hybridized carbons (Fsp3) is 0.947. The van der Waals surface area contributed by atoms with Gasteiger partial charge in [0.25, 0.3) is 0 Å². The maximum atomic E-state index is 12.5. The van der Waals surface area contributed by atoms with E-state index in [0.717, 1.165) is 38.5 Å². The van der Waals surface area contributed by atoms with Crippen molar-refractivity contribution in [1.82, 2.24) is 5.32 Å². The van der Waals surface area contributed by atoms with Gasteiger partial charge in [-0.2, -0.15) is 0 Å². The molecule has 0 aromatic carbocycles. The van der Waals surface area contributed by atoms with Crippen molar-refractivity contribution in [2.24, 2.45) is 0 Å². The molecule has 3 N–H and O–H groups in total. The van der Waals surface area contributed by atoms with Crippen LogP contribution in [0.15, 0.2) is 12.2 Å². The molecule has 0 saturated carbocycles. The van der Waals surface area contributed by atoms with Crippen LogP contribution in [0.25, 0.3) is 0 Å². The third-order valence-corrected chi connectivity index (χ3v) is 18.1. The van der Waals surface area contributed by atoms with E-state index in [0.29, 0.717) is 19.4 Å². The first kappa shape index (κ1) is 80.6. The molecule has 0 heterocycles. The van der Waals surface area contributed by atoms with Crippen LogP contribution in [0.4, 0.5) is 0 Å². The highest BCUT2D eigenvalue weighted by atomic mass is 16.5. The SMILES string of the molecule is CCCCCCCCCCCCCCCCCCCC/C=C/C(O)C(CO)NC(=O)CCCCCCCCCCCCCCCCCCCCCCCCCCCCCCOC(=O)CCCCCCCCCCCCCCCCCCC. The number of esters is 1. The Morgan fingerprint density at radius 1 is 0.329 bits per heavy atom. The normalized spacial score (nSPS) is 12.5. The highest BCUT2D eigenvalue weighted by Crippen LogP contribution is 2.20. The molecule has 82 heavy (non-hydrogen) atoms. The second kappa shape index (κ2) is 72.1. The molecule has 0 bridgehead atoms. The molecule has 6 heteroatoms. The fourth-order valence-electron chi connectivity index (χ4n) is 12.3. The number of hydrogen-bond donors (Lipinski definition) is 3. The topological polar surface area (TPSA) is 95.9 Å². The summed E-state index contributed by atoms with van der Waals surface area (Å²) in [6, 6.07) is -0.626. The Balaban J connectivity index is 3.35. The van der Waals surface area contributed by atoms with E-state index < -0.39 is 12.1 Å². The zero-order valence-corrected chi connectivity index (χ0v) is 56.0. The molecule has 488 valence electrons. The standard InChI is InChI=1S/C76H149NO5/c1-3-5-7-9-11-13-15-17-19-21-22-33-37-40-44-48-52-56-60-64-68-74(79)73(72-78)77-75(80)69-65-61-57-53-49-45-41-38-34-31-29-27-25-23-24-26-28-30-32-35-39-43-47-51-55-59-63-67-71-82-76(81)70-66-62-58-54-50-46-42-36-20-18-16-14-12-10-8-6-4-2/h64,68,73-74,78-79H,3-63,65-67,69-72H2,1-2H3,(H,77,80)/b68-64+. The van der Waals surface area contributed by atoms with E-state index in [1.54, 1.807) is 6.08 Å². The lowest BCUT2D eigenvalue weighted by Crippen LogP contribution is -2.45. The van der Waals surface area contributed by atoms with Gasteiger partial charge in [-0.25, -0.2) is 0 Å². The van der Waals surface area contributed by atoms with Crippen LogP contribution in [0.3, 0.4) is 0 Å². The molecule has 0 saturated heterocycles. The van der Waals surface area contributed by atoms with Crippen LogP contribution < -0.4 is 5.32 Å². The van der Waals surface area contributed by atoms with Gasteiger partial charge < -0.3 is 20.3 Å². The predicted molar refractivity (Wildman–Crippen MR) is 361 cm³/mol. The van der Waals surface area contributed by atoms with Crippen LogP contribution in [0.5, 0.6) is 0 Å². The number of carbonyl (C=O) groups is 2. The summed E-state index contributed by atoms with van der Waals surface area (Å²) in [6.07, 6.45) is 90.3. The molecule has 2 atom stereocenters. The summed E-state index contributed by atoms with van der Waals surface area (Å²) in [5, 5.41) is 23.3. The highest BCUT2D eigenvalue weighted by molar-refractivity contribution is 5.76. The molecular weight excluding hydrogens is 1010 g/mol. The van der Waals surface area contributed by atoms with Gasteiger partial charge in [-0.1, -0.05) is 405 Å². The van der Waals surface area contributed by atoms with E-state index in [1.165, 1.54) is 372 Å². The van der Waals surface area contributed by atoms with Crippen LogP contribution in [-0.4, -0.2) is 47.4 Å². The first-order valence-electron chi connectivity index (χ1n) is 38.0. The Labute approximate surface area is 514 Å². The Kier molecular flexibility index (Phi) is 70.8. The maximum absolute atomic E-state index is 12.5. The smallest absolute Gasteiger partial charge is 0.305 e. The number of nitrogens with one attached hydrogen (secondary N) is 1. The van der Waals surface area contributed by atoms with Gasteiger partial charge in [-0.3, -0.25) is 9.59 Å². The van der Waals surface area contributed by atoms with Crippen molar-refractivity contribution in [3.63, 3.8) is 0 Å². The lowest BCUT2D eigenvalue weighted by Gasteiger charge is -2.20. The summed E-state index contributed by atoms with van der Waals surface area (Å²) >= 11 is 0. The maximum Gasteiger partial charge on any atom is 0.305 e. The van der Waals surface area contributed by atoms with Crippen molar-refractivity contribution in [3.8, 4) is 0 Å². The largest absolute Gasteiger partial charge is 0.466 e. The summed E-state index contributed by atoms with van der Waals surface area (Å²) < 4.78 is 5.51. The van der Waals surface area contributed by atoms with Crippen LogP contribution in [0.2, 0.25) is 0 Å². The molecule has 0 fully saturated rings. The number of rotatable bonds is 72. The van der Waals surface area contributed by atoms with Crippen LogP contribution >= 0.6 is 0 Å². The molecule has 0 radical (unpaired) electrons. The van der Waals surface area contributed by atoms with Gasteiger partial charge in [0, 0.05) is 12.8 Å². The van der Waals surface area contributed by atoms with Crippen LogP contribution in [0.1, 0.15) is 438 Å². The number of amides is 1. The Morgan fingerprint density at radius 3 is 0.829 bits per heavy atom. The van der Waals surface area contributed by atoms with E-state index in [4.69, 9.17) is 4.74 Å². The molecule has 0 aromatic heterocycles. The van der Waals surface area contributed by atoms with Gasteiger partial charge in [-0.15, -0.1) is 0 Å². The quantitative estimate of drug-likeness (QED) is 0.0320. The molecule has 0 spiro atoms. The van der Waals surface area contributed by atoms with Gasteiger partial charge in [0.1, 0.15) is 0 Å². The van der Waals surface area contributed by atoms with E-state index in [-0.39, 0.29) is 18.5 Å². The lowest BCUT2D eigenvalue weighted by molar-refractivity contribution is -0.143. The number of unbranched alkanes of at least 4 members (excludes halogenated alkanes) is 61. The van der Waals surface area contributed by atoms with Gasteiger partial charge in [0.15, 0.2) is 0 Å². The molecular formula is C76H149NO5. The zero-order valence-electron chi connectivity index (χ0n) is 56.0. The van der Waals surface area contributed by atoms with Crippen LogP contribution in [-0.2, 0) is 14.3 Å². The lowest BCUT2D eigenvalue weighted by atomic mass is 10.0. The van der Waals surface area contributed by atoms with Gasteiger partial charge in [0.2, 0.25) is 5.91 Å². The number of hydrogen-bond acceptors (Lipinski definition) is 5. The number of ether oxygens (including phenoxy) is 1. The van der Waals surface area contributed by atoms with Crippen molar-refractivity contribution in [1.29, 1.82) is 0 Å². The van der Waals surface area contributed by atoms with Gasteiger partial charge in [0.05, 0.1) is 25.4 Å². The first-order valence-corrected chi connectivity index (χ1v) is 38.0. The van der Waals surface area contributed by atoms with E-state index in [1.807, 2.05) is 6.08 Å². The van der Waals surface area contributed by atoms with Crippen molar-refractivity contribution >= 4 is 11.9 Å².